The normalized spacial score (nSPS) is 20.3. The summed E-state index contributed by atoms with van der Waals surface area (Å²) in [4.78, 5) is 2.47. The first kappa shape index (κ1) is 13.6. The standard InChI is InChI=1S/C16H26N2/c1-14-7-3-4-8-15(14)10-12-18(2)13-16-9-5-6-11-17-16/h3-4,7-8,16-17H,5-6,9-13H2,1-2H3. The SMILES string of the molecule is Cc1ccccc1CCN(C)CC1CCCCN1. The maximum absolute atomic E-state index is 3.62. The summed E-state index contributed by atoms with van der Waals surface area (Å²) in [7, 11) is 2.24. The summed E-state index contributed by atoms with van der Waals surface area (Å²) in [5.74, 6) is 0. The van der Waals surface area contributed by atoms with Crippen molar-refractivity contribution in [2.24, 2.45) is 0 Å². The maximum atomic E-state index is 3.62. The van der Waals surface area contributed by atoms with E-state index in [1.807, 2.05) is 0 Å². The highest BCUT2D eigenvalue weighted by atomic mass is 15.1. The molecule has 0 spiro atoms. The van der Waals surface area contributed by atoms with E-state index in [0.29, 0.717) is 6.04 Å². The van der Waals surface area contributed by atoms with Crippen LogP contribution in [0.15, 0.2) is 24.3 Å². The fourth-order valence-electron chi connectivity index (χ4n) is 2.75. The number of nitrogens with zero attached hydrogens (tertiary/aromatic N) is 1. The van der Waals surface area contributed by atoms with Gasteiger partial charge in [0.2, 0.25) is 0 Å². The van der Waals surface area contributed by atoms with E-state index in [4.69, 9.17) is 0 Å². The van der Waals surface area contributed by atoms with Gasteiger partial charge in [0.05, 0.1) is 0 Å². The Balaban J connectivity index is 1.74. The summed E-state index contributed by atoms with van der Waals surface area (Å²) in [6.45, 7) is 5.75. The highest BCUT2D eigenvalue weighted by molar-refractivity contribution is 5.25. The molecule has 0 saturated carbocycles. The number of hydrogen-bond donors (Lipinski definition) is 1. The van der Waals surface area contributed by atoms with Gasteiger partial charge in [-0.15, -0.1) is 0 Å². The summed E-state index contributed by atoms with van der Waals surface area (Å²) in [6, 6.07) is 9.43. The third kappa shape index (κ3) is 4.11. The molecular weight excluding hydrogens is 220 g/mol. The van der Waals surface area contributed by atoms with Crippen molar-refractivity contribution in [3.63, 3.8) is 0 Å². The van der Waals surface area contributed by atoms with Gasteiger partial charge in [-0.3, -0.25) is 0 Å². The van der Waals surface area contributed by atoms with Crippen LogP contribution in [0.2, 0.25) is 0 Å². The molecule has 1 heterocycles. The van der Waals surface area contributed by atoms with Gasteiger partial charge in [0.1, 0.15) is 0 Å². The minimum atomic E-state index is 0.709. The smallest absolute Gasteiger partial charge is 0.0194 e. The molecule has 0 aromatic heterocycles. The quantitative estimate of drug-likeness (QED) is 0.859. The molecule has 2 rings (SSSR count). The highest BCUT2D eigenvalue weighted by Crippen LogP contribution is 2.10. The van der Waals surface area contributed by atoms with E-state index in [2.05, 4.69) is 48.5 Å². The Bertz CT molecular complexity index is 356. The molecule has 0 amide bonds. The Morgan fingerprint density at radius 1 is 1.28 bits per heavy atom. The molecule has 100 valence electrons. The summed E-state index contributed by atoms with van der Waals surface area (Å²) in [5.41, 5.74) is 2.91. The van der Waals surface area contributed by atoms with Gasteiger partial charge in [-0.2, -0.15) is 0 Å². The van der Waals surface area contributed by atoms with Crippen LogP contribution in [0.3, 0.4) is 0 Å². The van der Waals surface area contributed by atoms with Gasteiger partial charge in [0.25, 0.3) is 0 Å². The summed E-state index contributed by atoms with van der Waals surface area (Å²) in [5, 5.41) is 3.62. The lowest BCUT2D eigenvalue weighted by atomic mass is 10.0. The molecule has 1 saturated heterocycles. The van der Waals surface area contributed by atoms with Crippen molar-refractivity contribution in [2.45, 2.75) is 38.6 Å². The number of benzene rings is 1. The maximum Gasteiger partial charge on any atom is 0.0194 e. The molecule has 2 nitrogen and oxygen atoms in total. The molecule has 0 bridgehead atoms. The monoisotopic (exact) mass is 246 g/mol. The third-order valence-corrected chi connectivity index (χ3v) is 3.97. The van der Waals surface area contributed by atoms with Gasteiger partial charge < -0.3 is 10.2 Å². The van der Waals surface area contributed by atoms with Gasteiger partial charge in [-0.25, -0.2) is 0 Å². The van der Waals surface area contributed by atoms with Crippen molar-refractivity contribution in [3.8, 4) is 0 Å². The van der Waals surface area contributed by atoms with E-state index in [1.54, 1.807) is 0 Å². The highest BCUT2D eigenvalue weighted by Gasteiger charge is 2.14. The van der Waals surface area contributed by atoms with E-state index in [9.17, 15) is 0 Å². The zero-order chi connectivity index (χ0) is 12.8. The number of likely N-dealkylation sites (N-methyl/N-ethyl adjacent to an activating group) is 1. The molecule has 0 radical (unpaired) electrons. The average Bonchev–Trinajstić information content (AvgIpc) is 2.39. The lowest BCUT2D eigenvalue weighted by molar-refractivity contribution is 0.264. The van der Waals surface area contributed by atoms with Gasteiger partial charge in [-0.05, 0) is 50.9 Å². The van der Waals surface area contributed by atoms with Crippen LogP contribution in [0.4, 0.5) is 0 Å². The first-order valence-corrected chi connectivity index (χ1v) is 7.22. The van der Waals surface area contributed by atoms with Crippen LogP contribution in [-0.2, 0) is 6.42 Å². The van der Waals surface area contributed by atoms with Crippen LogP contribution in [0.5, 0.6) is 0 Å². The van der Waals surface area contributed by atoms with E-state index in [0.717, 1.165) is 13.0 Å². The summed E-state index contributed by atoms with van der Waals surface area (Å²) >= 11 is 0. The van der Waals surface area contributed by atoms with Crippen molar-refractivity contribution < 1.29 is 0 Å². The second-order valence-corrected chi connectivity index (χ2v) is 5.59. The van der Waals surface area contributed by atoms with Crippen molar-refractivity contribution in [1.82, 2.24) is 10.2 Å². The van der Waals surface area contributed by atoms with E-state index < -0.39 is 0 Å². The molecule has 1 aliphatic rings. The van der Waals surface area contributed by atoms with Crippen LogP contribution in [0.1, 0.15) is 30.4 Å². The zero-order valence-corrected chi connectivity index (χ0v) is 11.8. The minimum Gasteiger partial charge on any atom is -0.313 e. The molecule has 1 atom stereocenters. The molecule has 0 aliphatic carbocycles. The molecule has 1 N–H and O–H groups in total. The van der Waals surface area contributed by atoms with Gasteiger partial charge in [0.15, 0.2) is 0 Å². The lowest BCUT2D eigenvalue weighted by Crippen LogP contribution is -2.42. The van der Waals surface area contributed by atoms with Crippen LogP contribution in [0.25, 0.3) is 0 Å². The Hall–Kier alpha value is -0.860. The predicted octanol–water partition coefficient (Wildman–Crippen LogP) is 2.61. The number of aryl methyl sites for hydroxylation is 1. The first-order chi connectivity index (χ1) is 8.75. The molecule has 18 heavy (non-hydrogen) atoms. The second-order valence-electron chi connectivity index (χ2n) is 5.59. The van der Waals surface area contributed by atoms with Crippen molar-refractivity contribution in [3.05, 3.63) is 35.4 Å². The molecule has 1 aromatic rings. The van der Waals surface area contributed by atoms with Gasteiger partial charge in [-0.1, -0.05) is 30.7 Å². The molecule has 2 heteroatoms. The summed E-state index contributed by atoms with van der Waals surface area (Å²) in [6.07, 6.45) is 5.25. The zero-order valence-electron chi connectivity index (χ0n) is 11.8. The molecule has 1 aromatic carbocycles. The van der Waals surface area contributed by atoms with Crippen LogP contribution in [-0.4, -0.2) is 37.6 Å². The third-order valence-electron chi connectivity index (χ3n) is 3.97. The largest absolute Gasteiger partial charge is 0.313 e. The fourth-order valence-corrected chi connectivity index (χ4v) is 2.75. The van der Waals surface area contributed by atoms with Crippen LogP contribution >= 0.6 is 0 Å². The number of nitrogens with one attached hydrogen (secondary N) is 1. The lowest BCUT2D eigenvalue weighted by Gasteiger charge is -2.28. The van der Waals surface area contributed by atoms with Gasteiger partial charge >= 0.3 is 0 Å². The van der Waals surface area contributed by atoms with Crippen molar-refractivity contribution >= 4 is 0 Å². The first-order valence-electron chi connectivity index (χ1n) is 7.22. The second kappa shape index (κ2) is 6.91. The Morgan fingerprint density at radius 3 is 2.83 bits per heavy atom. The molecular formula is C16H26N2. The Morgan fingerprint density at radius 2 is 2.11 bits per heavy atom. The number of rotatable bonds is 5. The van der Waals surface area contributed by atoms with Crippen molar-refractivity contribution in [2.75, 3.05) is 26.7 Å². The Kier molecular flexibility index (Phi) is 5.21. The summed E-state index contributed by atoms with van der Waals surface area (Å²) < 4.78 is 0. The van der Waals surface area contributed by atoms with Gasteiger partial charge in [0, 0.05) is 19.1 Å². The molecule has 1 fully saturated rings. The molecule has 1 unspecified atom stereocenters. The van der Waals surface area contributed by atoms with E-state index in [-0.39, 0.29) is 0 Å². The predicted molar refractivity (Wildman–Crippen MR) is 78.0 cm³/mol. The van der Waals surface area contributed by atoms with Crippen LogP contribution < -0.4 is 5.32 Å². The minimum absolute atomic E-state index is 0.709. The fraction of sp³-hybridized carbons (Fsp3) is 0.625. The topological polar surface area (TPSA) is 15.3 Å². The average molecular weight is 246 g/mol. The van der Waals surface area contributed by atoms with E-state index in [1.165, 1.54) is 43.5 Å². The van der Waals surface area contributed by atoms with Crippen LogP contribution in [0, 0.1) is 6.92 Å². The van der Waals surface area contributed by atoms with Crippen molar-refractivity contribution in [1.29, 1.82) is 0 Å². The number of hydrogen-bond acceptors (Lipinski definition) is 2. The molecule has 1 aliphatic heterocycles. The number of piperidine rings is 1. The van der Waals surface area contributed by atoms with E-state index >= 15 is 0 Å². The Labute approximate surface area is 111 Å².